The first kappa shape index (κ1) is 25.2. The van der Waals surface area contributed by atoms with Crippen LogP contribution in [0.25, 0.3) is 0 Å². The van der Waals surface area contributed by atoms with Crippen LogP contribution in [0.5, 0.6) is 0 Å². The number of fused-ring (bicyclic) bond motifs is 7. The number of aliphatic hydroxyl groups is 4. The van der Waals surface area contributed by atoms with Gasteiger partial charge in [-0.2, -0.15) is 0 Å². The van der Waals surface area contributed by atoms with Crippen molar-refractivity contribution in [3.05, 3.63) is 11.6 Å². The zero-order valence-corrected chi connectivity index (χ0v) is 22.6. The molecule has 0 aliphatic heterocycles. The molecule has 0 aromatic rings. The van der Waals surface area contributed by atoms with E-state index in [4.69, 9.17) is 0 Å². The molecule has 0 spiro atoms. The van der Waals surface area contributed by atoms with E-state index in [0.717, 1.165) is 25.2 Å². The summed E-state index contributed by atoms with van der Waals surface area (Å²) in [7, 11) is 0. The number of hydrogen-bond donors (Lipinski definition) is 4. The van der Waals surface area contributed by atoms with Gasteiger partial charge in [0.25, 0.3) is 0 Å². The van der Waals surface area contributed by atoms with Crippen molar-refractivity contribution in [1.82, 2.24) is 0 Å². The first-order chi connectivity index (χ1) is 15.7. The van der Waals surface area contributed by atoms with Gasteiger partial charge in [-0.1, -0.05) is 60.1 Å². The molecule has 0 aromatic carbocycles. The molecule has 0 saturated heterocycles. The summed E-state index contributed by atoms with van der Waals surface area (Å²) in [6.45, 7) is 16.4. The highest BCUT2D eigenvalue weighted by molar-refractivity contribution is 5.34. The van der Waals surface area contributed by atoms with Crippen molar-refractivity contribution in [2.24, 2.45) is 56.7 Å². The molecular formula is C30H50O4. The third-order valence-corrected chi connectivity index (χ3v) is 13.7. The smallest absolute Gasteiger partial charge is 0.107 e. The van der Waals surface area contributed by atoms with Crippen molar-refractivity contribution in [3.8, 4) is 0 Å². The van der Waals surface area contributed by atoms with E-state index < -0.39 is 29.1 Å². The highest BCUT2D eigenvalue weighted by atomic mass is 16.4. The SMILES string of the molecule is CC1CCC2(C)CCC3(C)C(=CCC4C5(C)C(O)C(O)C(O)C(C)(CO)C5CCC43C)C2C1C. The number of rotatable bonds is 1. The second-order valence-corrected chi connectivity index (χ2v) is 14.7. The third kappa shape index (κ3) is 2.75. The van der Waals surface area contributed by atoms with Gasteiger partial charge in [0.05, 0.1) is 18.8 Å². The van der Waals surface area contributed by atoms with Crippen LogP contribution in [0, 0.1) is 56.7 Å². The molecule has 4 heteroatoms. The van der Waals surface area contributed by atoms with Gasteiger partial charge >= 0.3 is 0 Å². The minimum absolute atomic E-state index is 0.0173. The molecule has 4 N–H and O–H groups in total. The first-order valence-electron chi connectivity index (χ1n) is 14.1. The van der Waals surface area contributed by atoms with Crippen LogP contribution in [0.2, 0.25) is 0 Å². The number of aliphatic hydroxyl groups excluding tert-OH is 4. The van der Waals surface area contributed by atoms with Gasteiger partial charge in [0, 0.05) is 10.8 Å². The van der Waals surface area contributed by atoms with Crippen molar-refractivity contribution in [2.45, 2.75) is 112 Å². The Labute approximate surface area is 207 Å². The van der Waals surface area contributed by atoms with Crippen molar-refractivity contribution in [1.29, 1.82) is 0 Å². The molecular weight excluding hydrogens is 424 g/mol. The predicted octanol–water partition coefficient (Wildman–Crippen LogP) is 4.94. The fourth-order valence-corrected chi connectivity index (χ4v) is 10.9. The maximum Gasteiger partial charge on any atom is 0.107 e. The molecule has 5 aliphatic rings. The molecule has 5 aliphatic carbocycles. The second kappa shape index (κ2) is 7.55. The summed E-state index contributed by atoms with van der Waals surface area (Å²) in [4.78, 5) is 0. The second-order valence-electron chi connectivity index (χ2n) is 14.7. The van der Waals surface area contributed by atoms with Gasteiger partial charge in [0.2, 0.25) is 0 Å². The largest absolute Gasteiger partial charge is 0.396 e. The van der Waals surface area contributed by atoms with Gasteiger partial charge in [-0.25, -0.2) is 0 Å². The lowest BCUT2D eigenvalue weighted by molar-refractivity contribution is -0.287. The Kier molecular flexibility index (Phi) is 5.61. The van der Waals surface area contributed by atoms with Crippen molar-refractivity contribution in [3.63, 3.8) is 0 Å². The van der Waals surface area contributed by atoms with Crippen LogP contribution >= 0.6 is 0 Å². The summed E-state index contributed by atoms with van der Waals surface area (Å²) < 4.78 is 0. The highest BCUT2D eigenvalue weighted by Gasteiger charge is 2.72. The van der Waals surface area contributed by atoms with Gasteiger partial charge in [-0.15, -0.1) is 0 Å². The number of hydrogen-bond acceptors (Lipinski definition) is 4. The van der Waals surface area contributed by atoms with Gasteiger partial charge in [0.15, 0.2) is 0 Å². The summed E-state index contributed by atoms with van der Waals surface area (Å²) in [5, 5.41) is 43.9. The van der Waals surface area contributed by atoms with Gasteiger partial charge in [0.1, 0.15) is 6.10 Å². The average Bonchev–Trinajstić information content (AvgIpc) is 2.80. The molecule has 0 aromatic heterocycles. The molecule has 0 heterocycles. The van der Waals surface area contributed by atoms with E-state index >= 15 is 0 Å². The molecule has 13 unspecified atom stereocenters. The van der Waals surface area contributed by atoms with Gasteiger partial charge < -0.3 is 20.4 Å². The quantitative estimate of drug-likeness (QED) is 0.406. The Hall–Kier alpha value is -0.420. The Balaban J connectivity index is 1.63. The topological polar surface area (TPSA) is 80.9 Å². The monoisotopic (exact) mass is 474 g/mol. The standard InChI is InChI=1S/C30H50O4/c1-17-10-12-26(3)14-15-28(5)19(22(26)18(17)2)8-9-21-29(28,6)13-11-20-27(4,16-31)24(33)23(32)25(34)30(20,21)7/h8,17-18,20-25,31-34H,9-16H2,1-7H3. The van der Waals surface area contributed by atoms with Crippen LogP contribution in [-0.4, -0.2) is 45.3 Å². The van der Waals surface area contributed by atoms with Crippen LogP contribution < -0.4 is 0 Å². The predicted molar refractivity (Wildman–Crippen MR) is 135 cm³/mol. The fraction of sp³-hybridized carbons (Fsp3) is 0.933. The summed E-state index contributed by atoms with van der Waals surface area (Å²) in [5.41, 5.74) is 0.816. The maximum atomic E-state index is 11.6. The lowest BCUT2D eigenvalue weighted by Crippen LogP contribution is -2.73. The fourth-order valence-electron chi connectivity index (χ4n) is 10.9. The Morgan fingerprint density at radius 3 is 2.18 bits per heavy atom. The Morgan fingerprint density at radius 1 is 0.853 bits per heavy atom. The van der Waals surface area contributed by atoms with Crippen molar-refractivity contribution >= 4 is 0 Å². The minimum atomic E-state index is -1.23. The molecule has 13 atom stereocenters. The Morgan fingerprint density at radius 2 is 1.53 bits per heavy atom. The van der Waals surface area contributed by atoms with Crippen molar-refractivity contribution < 1.29 is 20.4 Å². The van der Waals surface area contributed by atoms with Crippen LogP contribution in [0.15, 0.2) is 11.6 Å². The van der Waals surface area contributed by atoms with E-state index in [1.165, 1.54) is 25.7 Å². The summed E-state index contributed by atoms with van der Waals surface area (Å²) in [6, 6.07) is 0. The van der Waals surface area contributed by atoms with Gasteiger partial charge in [-0.05, 0) is 90.8 Å². The average molecular weight is 475 g/mol. The van der Waals surface area contributed by atoms with Crippen LogP contribution in [0.1, 0.15) is 93.4 Å². The highest BCUT2D eigenvalue weighted by Crippen LogP contribution is 2.75. The number of allylic oxidation sites excluding steroid dienone is 2. The van der Waals surface area contributed by atoms with E-state index in [1.807, 2.05) is 6.92 Å². The molecule has 34 heavy (non-hydrogen) atoms. The molecule has 0 bridgehead atoms. The lowest BCUT2D eigenvalue weighted by Gasteiger charge is -2.72. The summed E-state index contributed by atoms with van der Waals surface area (Å²) in [6.07, 6.45) is 7.20. The maximum absolute atomic E-state index is 11.6. The van der Waals surface area contributed by atoms with E-state index in [0.29, 0.717) is 17.3 Å². The minimum Gasteiger partial charge on any atom is -0.396 e. The first-order valence-corrected chi connectivity index (χ1v) is 14.1. The molecule has 5 rings (SSSR count). The zero-order valence-electron chi connectivity index (χ0n) is 22.6. The summed E-state index contributed by atoms with van der Waals surface area (Å²) >= 11 is 0. The molecule has 0 amide bonds. The van der Waals surface area contributed by atoms with Crippen LogP contribution in [0.4, 0.5) is 0 Å². The molecule has 194 valence electrons. The molecule has 4 nitrogen and oxygen atoms in total. The van der Waals surface area contributed by atoms with E-state index in [-0.39, 0.29) is 29.3 Å². The van der Waals surface area contributed by atoms with Crippen LogP contribution in [0.3, 0.4) is 0 Å². The van der Waals surface area contributed by atoms with Crippen molar-refractivity contribution in [2.75, 3.05) is 6.61 Å². The van der Waals surface area contributed by atoms with Crippen LogP contribution in [-0.2, 0) is 0 Å². The van der Waals surface area contributed by atoms with Gasteiger partial charge in [-0.3, -0.25) is 0 Å². The lowest BCUT2D eigenvalue weighted by atomic mass is 9.33. The van der Waals surface area contributed by atoms with E-state index in [1.54, 1.807) is 5.57 Å². The molecule has 0 radical (unpaired) electrons. The third-order valence-electron chi connectivity index (χ3n) is 13.7. The molecule has 4 fully saturated rings. The Bertz CT molecular complexity index is 870. The summed E-state index contributed by atoms with van der Waals surface area (Å²) in [5.74, 6) is 2.24. The zero-order chi connectivity index (χ0) is 25.1. The van der Waals surface area contributed by atoms with E-state index in [2.05, 4.69) is 47.6 Å². The molecule has 4 saturated carbocycles. The normalized spacial score (nSPS) is 61.4. The van der Waals surface area contributed by atoms with E-state index in [9.17, 15) is 20.4 Å².